The molecule has 1 N–H and O–H groups in total. The molecule has 0 saturated carbocycles. The highest BCUT2D eigenvalue weighted by atomic mass is 19.1. The highest BCUT2D eigenvalue weighted by molar-refractivity contribution is 5.53. The fourth-order valence-corrected chi connectivity index (χ4v) is 5.79. The maximum absolute atomic E-state index is 13.6. The average Bonchev–Trinajstić information content (AvgIpc) is 2.98. The first kappa shape index (κ1) is 28.0. The summed E-state index contributed by atoms with van der Waals surface area (Å²) in [6, 6.07) is 21.0. The number of phenolic OH excluding ortho intramolecular Hbond substituents is 1. The largest absolute Gasteiger partial charge is 0.508 e. The molecular formula is C35H41FN2O2. The number of hydrogen-bond donors (Lipinski definition) is 1. The lowest BCUT2D eigenvalue weighted by molar-refractivity contribution is 0.218. The van der Waals surface area contributed by atoms with Crippen LogP contribution < -0.4 is 9.64 Å². The van der Waals surface area contributed by atoms with Gasteiger partial charge in [0, 0.05) is 25.3 Å². The van der Waals surface area contributed by atoms with Crippen LogP contribution in [0.4, 0.5) is 10.1 Å². The van der Waals surface area contributed by atoms with Gasteiger partial charge in [-0.1, -0.05) is 49.8 Å². The molecule has 2 aliphatic rings. The van der Waals surface area contributed by atoms with Gasteiger partial charge < -0.3 is 14.7 Å². The van der Waals surface area contributed by atoms with Crippen LogP contribution in [0.25, 0.3) is 0 Å². The topological polar surface area (TPSA) is 35.9 Å². The Bertz CT molecular complexity index is 1300. The zero-order valence-corrected chi connectivity index (χ0v) is 23.6. The van der Waals surface area contributed by atoms with Crippen molar-refractivity contribution in [3.63, 3.8) is 0 Å². The van der Waals surface area contributed by atoms with E-state index in [1.807, 2.05) is 24.3 Å². The molecule has 5 heteroatoms. The van der Waals surface area contributed by atoms with Gasteiger partial charge >= 0.3 is 0 Å². The summed E-state index contributed by atoms with van der Waals surface area (Å²) < 4.78 is 19.8. The highest BCUT2D eigenvalue weighted by Gasteiger charge is 2.28. The molecule has 0 spiro atoms. The van der Waals surface area contributed by atoms with Crippen molar-refractivity contribution in [3.05, 3.63) is 113 Å². The van der Waals surface area contributed by atoms with E-state index in [0.29, 0.717) is 12.4 Å². The molecule has 0 fully saturated rings. The number of unbranched alkanes of at least 4 members (excludes halogenated alkanes) is 1. The van der Waals surface area contributed by atoms with Gasteiger partial charge in [-0.05, 0) is 109 Å². The summed E-state index contributed by atoms with van der Waals surface area (Å²) in [7, 11) is 0. The molecule has 3 aromatic rings. The number of rotatable bonds is 12. The predicted molar refractivity (Wildman–Crippen MR) is 162 cm³/mol. The zero-order chi connectivity index (χ0) is 27.7. The van der Waals surface area contributed by atoms with Crippen LogP contribution in [0.1, 0.15) is 55.3 Å². The summed E-state index contributed by atoms with van der Waals surface area (Å²) in [4.78, 5) is 4.85. The molecule has 1 atom stereocenters. The fourth-order valence-electron chi connectivity index (χ4n) is 5.79. The monoisotopic (exact) mass is 540 g/mol. The van der Waals surface area contributed by atoms with Gasteiger partial charge in [0.15, 0.2) is 0 Å². The first-order valence-electron chi connectivity index (χ1n) is 14.7. The minimum atomic E-state index is -0.227. The summed E-state index contributed by atoms with van der Waals surface area (Å²) in [5, 5.41) is 10.1. The van der Waals surface area contributed by atoms with Crippen LogP contribution in [0.2, 0.25) is 0 Å². The van der Waals surface area contributed by atoms with Crippen LogP contribution in [-0.2, 0) is 12.8 Å². The van der Waals surface area contributed by atoms with Crippen molar-refractivity contribution in [1.29, 1.82) is 0 Å². The number of ether oxygens (including phenoxy) is 1. The standard InChI is InChI=1S/C35H41FN2O2/c1-2-3-20-37(26-28-7-5-4-6-8-28)22-23-40-33-16-9-27(10-17-33)24-35-34-18-15-32(39)25-29(34)19-21-38(35)31-13-11-30(36)12-14-31/h5,7-18,25,35,39H,2-4,6,19-24,26H2,1H3. The second kappa shape index (κ2) is 13.7. The molecule has 0 bridgehead atoms. The Morgan fingerprint density at radius 1 is 1.00 bits per heavy atom. The van der Waals surface area contributed by atoms with Crippen LogP contribution in [-0.4, -0.2) is 42.8 Å². The van der Waals surface area contributed by atoms with E-state index in [9.17, 15) is 9.50 Å². The van der Waals surface area contributed by atoms with Crippen LogP contribution in [0, 0.1) is 5.82 Å². The van der Waals surface area contributed by atoms with Crippen LogP contribution >= 0.6 is 0 Å². The van der Waals surface area contributed by atoms with E-state index >= 15 is 0 Å². The van der Waals surface area contributed by atoms with Crippen LogP contribution in [0.15, 0.2) is 90.5 Å². The lowest BCUT2D eigenvalue weighted by Gasteiger charge is -2.39. The van der Waals surface area contributed by atoms with E-state index in [0.717, 1.165) is 63.3 Å². The zero-order valence-electron chi connectivity index (χ0n) is 23.6. The summed E-state index contributed by atoms with van der Waals surface area (Å²) in [5.74, 6) is 0.962. The molecule has 1 unspecified atom stereocenters. The van der Waals surface area contributed by atoms with E-state index in [1.54, 1.807) is 6.07 Å². The van der Waals surface area contributed by atoms with E-state index in [-0.39, 0.29) is 11.9 Å². The van der Waals surface area contributed by atoms with Crippen molar-refractivity contribution in [3.8, 4) is 11.5 Å². The Morgan fingerprint density at radius 3 is 2.58 bits per heavy atom. The molecule has 0 amide bonds. The van der Waals surface area contributed by atoms with Crippen molar-refractivity contribution in [1.82, 2.24) is 4.90 Å². The molecule has 5 rings (SSSR count). The third-order valence-corrected chi connectivity index (χ3v) is 7.98. The number of anilines is 1. The second-order valence-corrected chi connectivity index (χ2v) is 10.9. The van der Waals surface area contributed by atoms with Crippen LogP contribution in [0.3, 0.4) is 0 Å². The molecule has 4 nitrogen and oxygen atoms in total. The normalized spacial score (nSPS) is 16.6. The number of allylic oxidation sites excluding steroid dienone is 2. The molecule has 1 aliphatic carbocycles. The Labute approximate surface area is 238 Å². The van der Waals surface area contributed by atoms with Gasteiger partial charge in [0.25, 0.3) is 0 Å². The smallest absolute Gasteiger partial charge is 0.123 e. The third kappa shape index (κ3) is 7.33. The SMILES string of the molecule is CCCCN(CCOc1ccc(CC2c3ccc(O)cc3CCN2c2ccc(F)cc2)cc1)CC1=CCCC=C1. The number of hydrogen-bond acceptors (Lipinski definition) is 4. The quantitative estimate of drug-likeness (QED) is 0.256. The summed E-state index contributed by atoms with van der Waals surface area (Å²) in [6.45, 7) is 6.71. The molecular weight excluding hydrogens is 499 g/mol. The van der Waals surface area contributed by atoms with Gasteiger partial charge in [-0.25, -0.2) is 4.39 Å². The van der Waals surface area contributed by atoms with E-state index < -0.39 is 0 Å². The molecule has 1 aliphatic heterocycles. The Balaban J connectivity index is 1.23. The number of benzene rings is 3. The van der Waals surface area contributed by atoms with E-state index in [1.165, 1.54) is 47.2 Å². The number of nitrogens with zero attached hydrogens (tertiary/aromatic N) is 2. The number of aromatic hydroxyl groups is 1. The first-order chi connectivity index (χ1) is 19.6. The first-order valence-corrected chi connectivity index (χ1v) is 14.7. The lowest BCUT2D eigenvalue weighted by atomic mass is 9.88. The van der Waals surface area contributed by atoms with Gasteiger partial charge in [0.05, 0.1) is 6.04 Å². The van der Waals surface area contributed by atoms with Crippen molar-refractivity contribution >= 4 is 5.69 Å². The Morgan fingerprint density at radius 2 is 1.82 bits per heavy atom. The summed E-state index contributed by atoms with van der Waals surface area (Å²) in [6.07, 6.45) is 13.3. The van der Waals surface area contributed by atoms with Gasteiger partial charge in [0.1, 0.15) is 23.9 Å². The van der Waals surface area contributed by atoms with Gasteiger partial charge in [0.2, 0.25) is 0 Å². The minimum absolute atomic E-state index is 0.0943. The molecule has 3 aromatic carbocycles. The van der Waals surface area contributed by atoms with Crippen molar-refractivity contribution in [2.45, 2.75) is 51.5 Å². The minimum Gasteiger partial charge on any atom is -0.508 e. The molecule has 1 heterocycles. The molecule has 0 saturated heterocycles. The number of halogens is 1. The van der Waals surface area contributed by atoms with Gasteiger partial charge in [-0.15, -0.1) is 0 Å². The summed E-state index contributed by atoms with van der Waals surface area (Å²) in [5.41, 5.74) is 6.03. The molecule has 210 valence electrons. The maximum Gasteiger partial charge on any atom is 0.123 e. The fraction of sp³-hybridized carbons (Fsp3) is 0.371. The van der Waals surface area contributed by atoms with Crippen molar-refractivity contribution < 1.29 is 14.2 Å². The van der Waals surface area contributed by atoms with E-state index in [4.69, 9.17) is 4.74 Å². The predicted octanol–water partition coefficient (Wildman–Crippen LogP) is 7.64. The molecule has 40 heavy (non-hydrogen) atoms. The number of phenols is 1. The molecule has 0 aromatic heterocycles. The van der Waals surface area contributed by atoms with Crippen LogP contribution in [0.5, 0.6) is 11.5 Å². The Kier molecular flexibility index (Phi) is 9.56. The van der Waals surface area contributed by atoms with E-state index in [2.05, 4.69) is 59.2 Å². The van der Waals surface area contributed by atoms with Gasteiger partial charge in [-0.2, -0.15) is 0 Å². The van der Waals surface area contributed by atoms with Crippen molar-refractivity contribution in [2.75, 3.05) is 37.7 Å². The second-order valence-electron chi connectivity index (χ2n) is 10.9. The average molecular weight is 541 g/mol. The lowest BCUT2D eigenvalue weighted by Crippen LogP contribution is -2.36. The molecule has 0 radical (unpaired) electrons. The third-order valence-electron chi connectivity index (χ3n) is 7.98. The summed E-state index contributed by atoms with van der Waals surface area (Å²) >= 11 is 0. The highest BCUT2D eigenvalue weighted by Crippen LogP contribution is 2.37. The van der Waals surface area contributed by atoms with Gasteiger partial charge in [-0.3, -0.25) is 4.90 Å². The maximum atomic E-state index is 13.6. The van der Waals surface area contributed by atoms with Crippen molar-refractivity contribution in [2.24, 2.45) is 0 Å². The number of fused-ring (bicyclic) bond motifs is 1. The Hall–Kier alpha value is -3.57.